The number of ketones is 1. The van der Waals surface area contributed by atoms with Crippen molar-refractivity contribution >= 4 is 5.78 Å². The van der Waals surface area contributed by atoms with E-state index < -0.39 is 0 Å². The number of hydrogen-bond acceptors (Lipinski definition) is 1. The molecule has 1 heteroatoms. The van der Waals surface area contributed by atoms with Crippen LogP contribution >= 0.6 is 0 Å². The topological polar surface area (TPSA) is 17.1 Å². The lowest BCUT2D eigenvalue weighted by Crippen LogP contribution is -1.82. The fourth-order valence-electron chi connectivity index (χ4n) is 0.404. The summed E-state index contributed by atoms with van der Waals surface area (Å²) in [4.78, 5) is 10.3. The Morgan fingerprint density at radius 1 is 1.56 bits per heavy atom. The molecule has 9 heavy (non-hydrogen) atoms. The van der Waals surface area contributed by atoms with Gasteiger partial charge in [0.15, 0.2) is 0 Å². The highest BCUT2D eigenvalue weighted by molar-refractivity contribution is 5.76. The second kappa shape index (κ2) is 5.33. The van der Waals surface area contributed by atoms with Gasteiger partial charge in [0.05, 0.1) is 0 Å². The third kappa shape index (κ3) is 7.19. The highest BCUT2D eigenvalue weighted by Crippen LogP contribution is 1.82. The van der Waals surface area contributed by atoms with Gasteiger partial charge in [-0.2, -0.15) is 0 Å². The smallest absolute Gasteiger partial charge is 0.134 e. The molecule has 0 saturated heterocycles. The molecule has 0 radical (unpaired) electrons. The summed E-state index contributed by atoms with van der Waals surface area (Å²) in [5.41, 5.74) is 2.90. The van der Waals surface area contributed by atoms with Crippen LogP contribution < -0.4 is 0 Å². The van der Waals surface area contributed by atoms with Crippen LogP contribution in [-0.4, -0.2) is 5.78 Å². The molecular weight excluding hydrogens is 112 g/mol. The van der Waals surface area contributed by atoms with E-state index in [9.17, 15) is 4.79 Å². The van der Waals surface area contributed by atoms with Crippen molar-refractivity contribution in [2.45, 2.75) is 26.7 Å². The minimum atomic E-state index is 0.187. The van der Waals surface area contributed by atoms with E-state index in [1.54, 1.807) is 13.0 Å². The van der Waals surface area contributed by atoms with Gasteiger partial charge in [-0.1, -0.05) is 6.92 Å². The molecule has 0 aliphatic rings. The molecule has 0 heterocycles. The van der Waals surface area contributed by atoms with Crippen LogP contribution in [0.15, 0.2) is 17.9 Å². The normalized spacial score (nSPS) is 7.78. The minimum absolute atomic E-state index is 0.187. The van der Waals surface area contributed by atoms with Gasteiger partial charge < -0.3 is 0 Å². The largest absolute Gasteiger partial charge is 0.300 e. The maximum atomic E-state index is 10.3. The number of Topliss-reactive ketones (excluding diaryl/α,β-unsaturated/α-hetero) is 1. The van der Waals surface area contributed by atoms with Crippen molar-refractivity contribution in [1.82, 2.24) is 0 Å². The van der Waals surface area contributed by atoms with Crippen molar-refractivity contribution in [3.8, 4) is 0 Å². The Hall–Kier alpha value is -0.810. The lowest BCUT2D eigenvalue weighted by Gasteiger charge is -1.77. The molecule has 0 spiro atoms. The molecule has 0 rings (SSSR count). The van der Waals surface area contributed by atoms with Crippen molar-refractivity contribution in [3.63, 3.8) is 0 Å². The standard InChI is InChI=1S/C8H12O/c1-3-4-5-6-7-8(2)9/h4,6H,3,7H2,1-2H3. The van der Waals surface area contributed by atoms with Crippen molar-refractivity contribution < 1.29 is 4.79 Å². The summed E-state index contributed by atoms with van der Waals surface area (Å²) in [6.45, 7) is 3.61. The maximum absolute atomic E-state index is 10.3. The van der Waals surface area contributed by atoms with Crippen LogP contribution in [0.2, 0.25) is 0 Å². The molecule has 50 valence electrons. The van der Waals surface area contributed by atoms with E-state index in [1.807, 2.05) is 13.0 Å². The van der Waals surface area contributed by atoms with E-state index in [1.165, 1.54) is 0 Å². The molecule has 0 aromatic heterocycles. The first kappa shape index (κ1) is 8.19. The fraction of sp³-hybridized carbons (Fsp3) is 0.500. The Labute approximate surface area is 56.1 Å². The van der Waals surface area contributed by atoms with E-state index in [0.29, 0.717) is 6.42 Å². The summed E-state index contributed by atoms with van der Waals surface area (Å²) in [7, 11) is 0. The number of carbonyl (C=O) groups excluding carboxylic acids is 1. The molecular formula is C8H12O. The van der Waals surface area contributed by atoms with Crippen molar-refractivity contribution in [3.05, 3.63) is 17.9 Å². The molecule has 0 aliphatic heterocycles. The zero-order chi connectivity index (χ0) is 7.11. The van der Waals surface area contributed by atoms with E-state index in [0.717, 1.165) is 6.42 Å². The summed E-state index contributed by atoms with van der Waals surface area (Å²) in [5, 5.41) is 0. The molecule has 1 nitrogen and oxygen atoms in total. The SMILES string of the molecule is CCC=C=CCC(C)=O. The Kier molecular flexibility index (Phi) is 4.85. The fourth-order valence-corrected chi connectivity index (χ4v) is 0.404. The second-order valence-corrected chi connectivity index (χ2v) is 1.89. The van der Waals surface area contributed by atoms with Gasteiger partial charge >= 0.3 is 0 Å². The lowest BCUT2D eigenvalue weighted by molar-refractivity contribution is -0.116. The summed E-state index contributed by atoms with van der Waals surface area (Å²) in [5.74, 6) is 0.187. The van der Waals surface area contributed by atoms with Gasteiger partial charge in [0.25, 0.3) is 0 Å². The Morgan fingerprint density at radius 3 is 2.67 bits per heavy atom. The van der Waals surface area contributed by atoms with Crippen molar-refractivity contribution in [1.29, 1.82) is 0 Å². The van der Waals surface area contributed by atoms with Crippen molar-refractivity contribution in [2.24, 2.45) is 0 Å². The third-order valence-electron chi connectivity index (χ3n) is 0.829. The summed E-state index contributed by atoms with van der Waals surface area (Å²) >= 11 is 0. The Morgan fingerprint density at radius 2 is 2.22 bits per heavy atom. The van der Waals surface area contributed by atoms with Gasteiger partial charge in [0.2, 0.25) is 0 Å². The first-order valence-corrected chi connectivity index (χ1v) is 3.16. The average molecular weight is 124 g/mol. The Bertz CT molecular complexity index is 139. The third-order valence-corrected chi connectivity index (χ3v) is 0.829. The first-order valence-electron chi connectivity index (χ1n) is 3.16. The van der Waals surface area contributed by atoms with Gasteiger partial charge in [-0.25, -0.2) is 0 Å². The van der Waals surface area contributed by atoms with Gasteiger partial charge in [-0.3, -0.25) is 4.79 Å². The summed E-state index contributed by atoms with van der Waals surface area (Å²) in [6.07, 6.45) is 5.15. The van der Waals surface area contributed by atoms with E-state index in [-0.39, 0.29) is 5.78 Å². The van der Waals surface area contributed by atoms with Crippen molar-refractivity contribution in [2.75, 3.05) is 0 Å². The van der Waals surface area contributed by atoms with Gasteiger partial charge in [-0.05, 0) is 25.5 Å². The van der Waals surface area contributed by atoms with Crippen LogP contribution in [0.5, 0.6) is 0 Å². The zero-order valence-corrected chi connectivity index (χ0v) is 5.98. The molecule has 0 aromatic carbocycles. The van der Waals surface area contributed by atoms with Crippen LogP contribution in [0, 0.1) is 0 Å². The van der Waals surface area contributed by atoms with Crippen LogP contribution in [0.25, 0.3) is 0 Å². The molecule has 0 unspecified atom stereocenters. The minimum Gasteiger partial charge on any atom is -0.300 e. The van der Waals surface area contributed by atoms with Gasteiger partial charge in [0.1, 0.15) is 5.78 Å². The van der Waals surface area contributed by atoms with Crippen LogP contribution in [0.4, 0.5) is 0 Å². The predicted octanol–water partition coefficient (Wildman–Crippen LogP) is 2.09. The molecule has 0 saturated carbocycles. The Balaban J connectivity index is 3.47. The molecule has 0 fully saturated rings. The van der Waals surface area contributed by atoms with Gasteiger partial charge in [-0.15, -0.1) is 5.73 Å². The maximum Gasteiger partial charge on any atom is 0.134 e. The van der Waals surface area contributed by atoms with Crippen LogP contribution in [0.1, 0.15) is 26.7 Å². The predicted molar refractivity (Wildman–Crippen MR) is 38.2 cm³/mol. The van der Waals surface area contributed by atoms with Crippen LogP contribution in [0.3, 0.4) is 0 Å². The van der Waals surface area contributed by atoms with E-state index in [2.05, 4.69) is 5.73 Å². The highest BCUT2D eigenvalue weighted by Gasteiger charge is 1.82. The number of allylic oxidation sites excluding steroid dienone is 1. The highest BCUT2D eigenvalue weighted by atomic mass is 16.1. The number of rotatable bonds is 3. The van der Waals surface area contributed by atoms with Crippen LogP contribution in [-0.2, 0) is 4.79 Å². The van der Waals surface area contributed by atoms with E-state index >= 15 is 0 Å². The average Bonchev–Trinajstić information content (AvgIpc) is 1.80. The second-order valence-electron chi connectivity index (χ2n) is 1.89. The monoisotopic (exact) mass is 124 g/mol. The molecule has 0 amide bonds. The molecule has 0 aliphatic carbocycles. The summed E-state index contributed by atoms with van der Waals surface area (Å²) in [6, 6.07) is 0. The lowest BCUT2D eigenvalue weighted by atomic mass is 10.3. The zero-order valence-electron chi connectivity index (χ0n) is 5.98. The molecule has 0 atom stereocenters. The first-order chi connectivity index (χ1) is 4.27. The molecule has 0 N–H and O–H groups in total. The molecule has 0 bridgehead atoms. The van der Waals surface area contributed by atoms with Gasteiger partial charge in [0, 0.05) is 6.42 Å². The molecule has 0 aromatic rings. The quantitative estimate of drug-likeness (QED) is 0.526. The number of hydrogen-bond donors (Lipinski definition) is 0. The summed E-state index contributed by atoms with van der Waals surface area (Å²) < 4.78 is 0. The van der Waals surface area contributed by atoms with E-state index in [4.69, 9.17) is 0 Å². The number of carbonyl (C=O) groups is 1.